The molecule has 4 rings (SSSR count). The van der Waals surface area contributed by atoms with Crippen LogP contribution in [0.25, 0.3) is 22.3 Å². The number of ether oxygens (including phenoxy) is 1. The van der Waals surface area contributed by atoms with Crippen LogP contribution in [0, 0.1) is 13.8 Å². The predicted octanol–water partition coefficient (Wildman–Crippen LogP) is 5.28. The summed E-state index contributed by atoms with van der Waals surface area (Å²) in [5.74, 6) is 0.174. The van der Waals surface area contributed by atoms with Crippen LogP contribution < -0.4 is 5.32 Å². The van der Waals surface area contributed by atoms with Gasteiger partial charge in [0.2, 0.25) is 0 Å². The Morgan fingerprint density at radius 3 is 2.33 bits per heavy atom. The molecular formula is C27H28N4O5. The number of nitrogens with zero attached hydrogens (tertiary/aromatic N) is 3. The monoisotopic (exact) mass is 488 g/mol. The third kappa shape index (κ3) is 4.91. The molecule has 0 radical (unpaired) electrons. The molecule has 1 atom stereocenters. The topological polar surface area (TPSA) is 116 Å². The van der Waals surface area contributed by atoms with E-state index in [0.717, 1.165) is 11.3 Å². The van der Waals surface area contributed by atoms with Crippen LogP contribution in [0.15, 0.2) is 47.0 Å². The van der Waals surface area contributed by atoms with Crippen molar-refractivity contribution >= 4 is 34.4 Å². The summed E-state index contributed by atoms with van der Waals surface area (Å²) in [6.45, 7) is 10.6. The van der Waals surface area contributed by atoms with Gasteiger partial charge in [-0.25, -0.2) is 14.5 Å². The highest BCUT2D eigenvalue weighted by molar-refractivity contribution is 6.05. The number of ketones is 1. The molecule has 186 valence electrons. The fraction of sp³-hybridized carbons (Fsp3) is 0.296. The van der Waals surface area contributed by atoms with Crippen molar-refractivity contribution in [3.63, 3.8) is 0 Å². The Bertz CT molecular complexity index is 1460. The molecular weight excluding hydrogens is 460 g/mol. The van der Waals surface area contributed by atoms with Crippen molar-refractivity contribution in [3.05, 3.63) is 65.2 Å². The summed E-state index contributed by atoms with van der Waals surface area (Å²) >= 11 is 0. The summed E-state index contributed by atoms with van der Waals surface area (Å²) in [4.78, 5) is 42.2. The second-order valence-electron chi connectivity index (χ2n) is 8.97. The molecule has 3 aromatic heterocycles. The molecule has 1 unspecified atom stereocenters. The van der Waals surface area contributed by atoms with Gasteiger partial charge in [0.25, 0.3) is 5.91 Å². The number of pyridine rings is 1. The lowest BCUT2D eigenvalue weighted by molar-refractivity contribution is -0.123. The summed E-state index contributed by atoms with van der Waals surface area (Å²) in [7, 11) is 0. The minimum absolute atomic E-state index is 0.0143. The maximum absolute atomic E-state index is 13.3. The number of anilines is 1. The van der Waals surface area contributed by atoms with E-state index in [4.69, 9.17) is 14.1 Å². The van der Waals surface area contributed by atoms with Crippen LogP contribution in [-0.4, -0.2) is 38.5 Å². The second-order valence-corrected chi connectivity index (χ2v) is 8.97. The van der Waals surface area contributed by atoms with E-state index in [1.807, 2.05) is 33.8 Å². The minimum Gasteiger partial charge on any atom is -0.466 e. The number of Topliss-reactive ketones (excluding diaryl/α,β-unsaturated/α-hetero) is 1. The van der Waals surface area contributed by atoms with Gasteiger partial charge in [0.15, 0.2) is 17.5 Å². The van der Waals surface area contributed by atoms with Gasteiger partial charge in [-0.2, -0.15) is 5.10 Å². The third-order valence-electron chi connectivity index (χ3n) is 5.80. The zero-order valence-electron chi connectivity index (χ0n) is 21.1. The maximum atomic E-state index is 13.3. The van der Waals surface area contributed by atoms with E-state index in [2.05, 4.69) is 10.4 Å². The van der Waals surface area contributed by atoms with Gasteiger partial charge in [0.1, 0.15) is 11.5 Å². The molecule has 0 fully saturated rings. The number of nitrogens with one attached hydrogen (secondary N) is 1. The lowest BCUT2D eigenvalue weighted by Gasteiger charge is -2.15. The summed E-state index contributed by atoms with van der Waals surface area (Å²) in [5.41, 5.74) is 3.13. The first kappa shape index (κ1) is 24.8. The summed E-state index contributed by atoms with van der Waals surface area (Å²) in [6, 6.07) is 10.0. The molecule has 4 aromatic rings. The molecule has 36 heavy (non-hydrogen) atoms. The van der Waals surface area contributed by atoms with Crippen LogP contribution in [0.5, 0.6) is 0 Å². The molecule has 3 heterocycles. The number of aryl methyl sites for hydroxylation is 2. The van der Waals surface area contributed by atoms with E-state index in [1.54, 1.807) is 41.2 Å². The Morgan fingerprint density at radius 1 is 1.06 bits per heavy atom. The number of aromatic nitrogens is 3. The van der Waals surface area contributed by atoms with E-state index < -0.39 is 18.0 Å². The normalized spacial score (nSPS) is 12.1. The number of furan rings is 1. The first-order valence-corrected chi connectivity index (χ1v) is 11.6. The summed E-state index contributed by atoms with van der Waals surface area (Å²) in [6.07, 6.45) is 0.506. The van der Waals surface area contributed by atoms with E-state index in [1.165, 1.54) is 13.8 Å². The van der Waals surface area contributed by atoms with Gasteiger partial charge < -0.3 is 14.5 Å². The van der Waals surface area contributed by atoms with Crippen molar-refractivity contribution in [3.8, 4) is 11.3 Å². The average Bonchev–Trinajstić information content (AvgIpc) is 3.40. The Kier molecular flexibility index (Phi) is 6.74. The number of hydrogen-bond donors (Lipinski definition) is 1. The number of hydrogen-bond acceptors (Lipinski definition) is 7. The van der Waals surface area contributed by atoms with E-state index in [0.29, 0.717) is 33.7 Å². The molecule has 0 bridgehead atoms. The molecule has 1 aromatic carbocycles. The summed E-state index contributed by atoms with van der Waals surface area (Å²) in [5, 5.41) is 7.64. The molecule has 0 spiro atoms. The van der Waals surface area contributed by atoms with Crippen molar-refractivity contribution in [2.75, 3.05) is 5.32 Å². The van der Waals surface area contributed by atoms with Crippen LogP contribution in [0.3, 0.4) is 0 Å². The van der Waals surface area contributed by atoms with Gasteiger partial charge >= 0.3 is 5.97 Å². The average molecular weight is 489 g/mol. The van der Waals surface area contributed by atoms with Crippen LogP contribution in [0.4, 0.5) is 5.69 Å². The highest BCUT2D eigenvalue weighted by Crippen LogP contribution is 2.30. The van der Waals surface area contributed by atoms with Crippen molar-refractivity contribution in [2.24, 2.45) is 0 Å². The number of amides is 1. The highest BCUT2D eigenvalue weighted by Gasteiger charge is 2.24. The van der Waals surface area contributed by atoms with E-state index in [-0.39, 0.29) is 17.4 Å². The number of fused-ring (bicyclic) bond motifs is 1. The maximum Gasteiger partial charge on any atom is 0.339 e. The Morgan fingerprint density at radius 2 is 1.75 bits per heavy atom. The van der Waals surface area contributed by atoms with Gasteiger partial charge in [0, 0.05) is 22.9 Å². The standard InChI is InChI=1S/C27H28N4O5/c1-14(2)31-25-23(13-28-31)22(12-24(30-25)21-11-15(3)35-17(21)5)27(34)36-18(6)26(33)29-20-9-7-19(8-10-20)16(4)32/h7-14,18H,1-6H3,(H,29,33). The fourth-order valence-corrected chi connectivity index (χ4v) is 3.90. The lowest BCUT2D eigenvalue weighted by Crippen LogP contribution is -2.30. The van der Waals surface area contributed by atoms with Gasteiger partial charge in [-0.1, -0.05) is 0 Å². The number of carbonyl (C=O) groups excluding carboxylic acids is 3. The Labute approximate surface area is 208 Å². The smallest absolute Gasteiger partial charge is 0.339 e. The van der Waals surface area contributed by atoms with Gasteiger partial charge in [-0.05, 0) is 77.9 Å². The van der Waals surface area contributed by atoms with E-state index in [9.17, 15) is 14.4 Å². The van der Waals surface area contributed by atoms with Crippen LogP contribution in [0.2, 0.25) is 0 Å². The van der Waals surface area contributed by atoms with Crippen LogP contribution in [-0.2, 0) is 9.53 Å². The number of esters is 1. The fourth-order valence-electron chi connectivity index (χ4n) is 3.90. The van der Waals surface area contributed by atoms with Crippen LogP contribution >= 0.6 is 0 Å². The van der Waals surface area contributed by atoms with Crippen molar-refractivity contribution in [1.82, 2.24) is 14.8 Å². The van der Waals surface area contributed by atoms with Gasteiger partial charge in [-0.15, -0.1) is 0 Å². The molecule has 0 aliphatic carbocycles. The number of rotatable bonds is 7. The van der Waals surface area contributed by atoms with Crippen molar-refractivity contribution in [1.29, 1.82) is 0 Å². The Balaban J connectivity index is 1.62. The molecule has 9 nitrogen and oxygen atoms in total. The molecule has 9 heteroatoms. The van der Waals surface area contributed by atoms with Crippen molar-refractivity contribution < 1.29 is 23.5 Å². The lowest BCUT2D eigenvalue weighted by atomic mass is 10.1. The number of benzene rings is 1. The van der Waals surface area contributed by atoms with Crippen LogP contribution in [0.1, 0.15) is 66.0 Å². The molecule has 1 N–H and O–H groups in total. The molecule has 0 aliphatic rings. The zero-order chi connectivity index (χ0) is 26.1. The first-order chi connectivity index (χ1) is 17.0. The molecule has 1 amide bonds. The molecule has 0 saturated heterocycles. The second kappa shape index (κ2) is 9.77. The highest BCUT2D eigenvalue weighted by atomic mass is 16.5. The molecule has 0 saturated carbocycles. The molecule has 0 aliphatic heterocycles. The first-order valence-electron chi connectivity index (χ1n) is 11.6. The van der Waals surface area contributed by atoms with Crippen molar-refractivity contribution in [2.45, 2.75) is 53.7 Å². The quantitative estimate of drug-likeness (QED) is 0.278. The minimum atomic E-state index is -1.07. The summed E-state index contributed by atoms with van der Waals surface area (Å²) < 4.78 is 12.9. The SMILES string of the molecule is CC(=O)c1ccc(NC(=O)C(C)OC(=O)c2cc(-c3cc(C)oc3C)nc3c2cnn3C(C)C)cc1. The largest absolute Gasteiger partial charge is 0.466 e. The van der Waals surface area contributed by atoms with E-state index >= 15 is 0 Å². The van der Waals surface area contributed by atoms with Gasteiger partial charge in [0.05, 0.1) is 22.8 Å². The Hall–Kier alpha value is -4.27. The van der Waals surface area contributed by atoms with Gasteiger partial charge in [-0.3, -0.25) is 9.59 Å². The third-order valence-corrected chi connectivity index (χ3v) is 5.80. The predicted molar refractivity (Wildman–Crippen MR) is 135 cm³/mol. The zero-order valence-corrected chi connectivity index (χ0v) is 21.1. The number of carbonyl (C=O) groups is 3.